The molecule has 1 atom stereocenters. The number of hydrogen-bond donors (Lipinski definition) is 0. The first kappa shape index (κ1) is 18.8. The van der Waals surface area contributed by atoms with Gasteiger partial charge in [0.25, 0.3) is 0 Å². The van der Waals surface area contributed by atoms with Gasteiger partial charge >= 0.3 is 6.03 Å². The number of likely N-dealkylation sites (N-methyl/N-ethyl adjacent to an activating group) is 2. The van der Waals surface area contributed by atoms with E-state index in [-0.39, 0.29) is 6.03 Å². The molecule has 5 heteroatoms. The molecule has 1 aromatic rings. The normalized spacial score (nSPS) is 27.1. The van der Waals surface area contributed by atoms with Crippen LogP contribution < -0.4 is 0 Å². The van der Waals surface area contributed by atoms with E-state index < -0.39 is 0 Å². The van der Waals surface area contributed by atoms with E-state index >= 15 is 0 Å². The second-order valence-corrected chi connectivity index (χ2v) is 9.07. The van der Waals surface area contributed by atoms with Crippen LogP contribution in [0.5, 0.6) is 0 Å². The van der Waals surface area contributed by atoms with Crippen LogP contribution in [0.3, 0.4) is 0 Å². The average Bonchev–Trinajstić information content (AvgIpc) is 2.69. The third kappa shape index (κ3) is 4.14. The number of piperazine rings is 1. The van der Waals surface area contributed by atoms with E-state index in [0.29, 0.717) is 11.3 Å². The number of urea groups is 1. The Hall–Kier alpha value is -1.59. The van der Waals surface area contributed by atoms with Crippen molar-refractivity contribution in [3.05, 3.63) is 35.9 Å². The number of carbonyl (C=O) groups is 1. The van der Waals surface area contributed by atoms with Gasteiger partial charge in [-0.05, 0) is 50.3 Å². The average molecular weight is 371 g/mol. The number of rotatable bonds is 1. The lowest BCUT2D eigenvalue weighted by molar-refractivity contribution is 0.0266. The molecule has 148 valence electrons. The highest BCUT2D eigenvalue weighted by Crippen LogP contribution is 2.44. The van der Waals surface area contributed by atoms with E-state index in [1.807, 2.05) is 0 Å². The summed E-state index contributed by atoms with van der Waals surface area (Å²) in [6, 6.07) is 11.3. The van der Waals surface area contributed by atoms with Crippen LogP contribution in [0.2, 0.25) is 0 Å². The smallest absolute Gasteiger partial charge is 0.320 e. The van der Waals surface area contributed by atoms with Gasteiger partial charge in [-0.25, -0.2) is 4.79 Å². The van der Waals surface area contributed by atoms with Gasteiger partial charge in [0.2, 0.25) is 0 Å². The summed E-state index contributed by atoms with van der Waals surface area (Å²) in [6.07, 6.45) is 3.54. The quantitative estimate of drug-likeness (QED) is 0.761. The summed E-state index contributed by atoms with van der Waals surface area (Å²) < 4.78 is 0. The molecular formula is C22H34N4O. The molecule has 0 N–H and O–H groups in total. The van der Waals surface area contributed by atoms with E-state index in [1.54, 1.807) is 0 Å². The molecule has 1 spiro atoms. The highest BCUT2D eigenvalue weighted by molar-refractivity contribution is 5.74. The van der Waals surface area contributed by atoms with Crippen LogP contribution in [0.1, 0.15) is 30.7 Å². The Labute approximate surface area is 163 Å². The van der Waals surface area contributed by atoms with Crippen molar-refractivity contribution < 1.29 is 4.79 Å². The molecule has 0 saturated carbocycles. The third-order valence-electron chi connectivity index (χ3n) is 6.96. The number of piperidine rings is 2. The number of nitrogens with zero attached hydrogens (tertiary/aromatic N) is 4. The minimum atomic E-state index is 0.265. The van der Waals surface area contributed by atoms with Gasteiger partial charge in [0.1, 0.15) is 0 Å². The standard InChI is InChI=1S/C22H34N4O/c1-23-12-14-26(15-13-23)21(27)25-10-8-22(9-11-25)16-20(17-24(2)18-22)19-6-4-3-5-7-19/h3-7,20H,8-18H2,1-2H3/t20-/m0/s1. The first-order valence-corrected chi connectivity index (χ1v) is 10.5. The zero-order valence-electron chi connectivity index (χ0n) is 16.9. The minimum absolute atomic E-state index is 0.265. The van der Waals surface area contributed by atoms with Crippen molar-refractivity contribution in [3.8, 4) is 0 Å². The maximum Gasteiger partial charge on any atom is 0.320 e. The molecule has 3 fully saturated rings. The van der Waals surface area contributed by atoms with Crippen LogP contribution in [0.15, 0.2) is 30.3 Å². The third-order valence-corrected chi connectivity index (χ3v) is 6.96. The lowest BCUT2D eigenvalue weighted by Gasteiger charge is -2.50. The van der Waals surface area contributed by atoms with E-state index in [1.165, 1.54) is 18.5 Å². The maximum absolute atomic E-state index is 12.9. The molecule has 3 heterocycles. The van der Waals surface area contributed by atoms with Crippen LogP contribution in [-0.4, -0.2) is 92.1 Å². The molecule has 2 amide bonds. The summed E-state index contributed by atoms with van der Waals surface area (Å²) in [4.78, 5) is 21.9. The monoisotopic (exact) mass is 370 g/mol. The summed E-state index contributed by atoms with van der Waals surface area (Å²) >= 11 is 0. The number of amides is 2. The van der Waals surface area contributed by atoms with Crippen molar-refractivity contribution in [2.45, 2.75) is 25.2 Å². The van der Waals surface area contributed by atoms with Gasteiger partial charge in [-0.3, -0.25) is 0 Å². The zero-order valence-corrected chi connectivity index (χ0v) is 16.9. The number of benzene rings is 1. The summed E-state index contributed by atoms with van der Waals surface area (Å²) in [5.74, 6) is 0.616. The molecule has 1 aromatic carbocycles. The van der Waals surface area contributed by atoms with Crippen molar-refractivity contribution in [2.75, 3.05) is 66.5 Å². The van der Waals surface area contributed by atoms with Gasteiger partial charge < -0.3 is 19.6 Å². The Morgan fingerprint density at radius 2 is 1.52 bits per heavy atom. The largest absolute Gasteiger partial charge is 0.325 e. The predicted molar refractivity (Wildman–Crippen MR) is 109 cm³/mol. The van der Waals surface area contributed by atoms with E-state index in [9.17, 15) is 4.79 Å². The molecule has 0 radical (unpaired) electrons. The van der Waals surface area contributed by atoms with Crippen LogP contribution in [-0.2, 0) is 0 Å². The van der Waals surface area contributed by atoms with E-state index in [2.05, 4.69) is 64.0 Å². The second kappa shape index (κ2) is 7.80. The molecule has 0 aromatic heterocycles. The Kier molecular flexibility index (Phi) is 5.42. The molecule has 3 aliphatic rings. The van der Waals surface area contributed by atoms with Gasteiger partial charge in [-0.1, -0.05) is 30.3 Å². The van der Waals surface area contributed by atoms with Gasteiger partial charge in [-0.2, -0.15) is 0 Å². The first-order chi connectivity index (χ1) is 13.0. The summed E-state index contributed by atoms with van der Waals surface area (Å²) in [7, 11) is 4.40. The second-order valence-electron chi connectivity index (χ2n) is 9.07. The molecule has 0 aliphatic carbocycles. The van der Waals surface area contributed by atoms with Crippen molar-refractivity contribution in [3.63, 3.8) is 0 Å². The number of hydrogen-bond acceptors (Lipinski definition) is 3. The van der Waals surface area contributed by atoms with E-state index in [4.69, 9.17) is 0 Å². The highest BCUT2D eigenvalue weighted by atomic mass is 16.2. The fraction of sp³-hybridized carbons (Fsp3) is 0.682. The van der Waals surface area contributed by atoms with Crippen LogP contribution in [0, 0.1) is 5.41 Å². The minimum Gasteiger partial charge on any atom is -0.325 e. The Morgan fingerprint density at radius 1 is 0.889 bits per heavy atom. The zero-order chi connectivity index (χ0) is 18.9. The summed E-state index contributed by atoms with van der Waals surface area (Å²) in [5.41, 5.74) is 1.84. The van der Waals surface area contributed by atoms with Gasteiger partial charge in [-0.15, -0.1) is 0 Å². The molecule has 3 aliphatic heterocycles. The highest BCUT2D eigenvalue weighted by Gasteiger charge is 2.42. The topological polar surface area (TPSA) is 30.0 Å². The summed E-state index contributed by atoms with van der Waals surface area (Å²) in [6.45, 7) is 7.88. The predicted octanol–water partition coefficient (Wildman–Crippen LogP) is 2.56. The lowest BCUT2D eigenvalue weighted by atomic mass is 9.68. The van der Waals surface area contributed by atoms with Crippen molar-refractivity contribution >= 4 is 6.03 Å². The van der Waals surface area contributed by atoms with Gasteiger partial charge in [0.05, 0.1) is 0 Å². The Morgan fingerprint density at radius 3 is 2.19 bits per heavy atom. The van der Waals surface area contributed by atoms with Crippen LogP contribution >= 0.6 is 0 Å². The molecule has 27 heavy (non-hydrogen) atoms. The number of likely N-dealkylation sites (tertiary alicyclic amines) is 2. The van der Waals surface area contributed by atoms with E-state index in [0.717, 1.165) is 58.7 Å². The van der Waals surface area contributed by atoms with Crippen LogP contribution in [0.4, 0.5) is 4.79 Å². The summed E-state index contributed by atoms with van der Waals surface area (Å²) in [5, 5.41) is 0. The number of carbonyl (C=O) groups excluding carboxylic acids is 1. The van der Waals surface area contributed by atoms with Crippen molar-refractivity contribution in [1.82, 2.24) is 19.6 Å². The fourth-order valence-corrected chi connectivity index (χ4v) is 5.35. The van der Waals surface area contributed by atoms with Gasteiger partial charge in [0.15, 0.2) is 0 Å². The molecule has 4 rings (SSSR count). The van der Waals surface area contributed by atoms with Crippen molar-refractivity contribution in [2.24, 2.45) is 5.41 Å². The Balaban J connectivity index is 1.38. The molecule has 5 nitrogen and oxygen atoms in total. The maximum atomic E-state index is 12.9. The molecule has 0 unspecified atom stereocenters. The molecule has 3 saturated heterocycles. The SMILES string of the molecule is CN1CCN(C(=O)N2CCC3(CC2)C[C@H](c2ccccc2)CN(C)C3)CC1. The fourth-order valence-electron chi connectivity index (χ4n) is 5.35. The van der Waals surface area contributed by atoms with Crippen molar-refractivity contribution in [1.29, 1.82) is 0 Å². The lowest BCUT2D eigenvalue weighted by Crippen LogP contribution is -2.56. The van der Waals surface area contributed by atoms with Gasteiger partial charge in [0, 0.05) is 52.4 Å². The molecule has 0 bridgehead atoms. The first-order valence-electron chi connectivity index (χ1n) is 10.5. The van der Waals surface area contributed by atoms with Crippen LogP contribution in [0.25, 0.3) is 0 Å². The Bertz CT molecular complexity index is 633. The molecular weight excluding hydrogens is 336 g/mol.